The van der Waals surface area contributed by atoms with Crippen LogP contribution >= 0.6 is 0 Å². The van der Waals surface area contributed by atoms with E-state index in [9.17, 15) is 5.11 Å². The Kier molecular flexibility index (Phi) is 3.09. The Bertz CT molecular complexity index is 374. The first-order chi connectivity index (χ1) is 7.95. The zero-order valence-electron chi connectivity index (χ0n) is 10.4. The summed E-state index contributed by atoms with van der Waals surface area (Å²) in [5.41, 5.74) is -0.476. The van der Waals surface area contributed by atoms with Gasteiger partial charge in [-0.1, -0.05) is 25.9 Å². The van der Waals surface area contributed by atoms with E-state index in [2.05, 4.69) is 10.1 Å². The minimum atomic E-state index is -0.309. The van der Waals surface area contributed by atoms with Gasteiger partial charge in [-0.2, -0.15) is 4.98 Å². The largest absolute Gasteiger partial charge is 0.448 e. The Morgan fingerprint density at radius 3 is 2.53 bits per heavy atom. The van der Waals surface area contributed by atoms with Crippen molar-refractivity contribution < 1.29 is 19.1 Å². The lowest BCUT2D eigenvalue weighted by Gasteiger charge is -2.38. The van der Waals surface area contributed by atoms with Crippen molar-refractivity contribution in [1.82, 2.24) is 10.1 Å². The standard InChI is InChI=1S/C11H18N2O4/c1-10(2,3)8-12-9(17-13-8)16-7-11(4-14)5-15-6-11/h14H,4-7H2,1-3H3. The molecular weight excluding hydrogens is 224 g/mol. The van der Waals surface area contributed by atoms with Crippen LogP contribution in [0.1, 0.15) is 26.6 Å². The van der Waals surface area contributed by atoms with Crippen LogP contribution < -0.4 is 4.74 Å². The van der Waals surface area contributed by atoms with Crippen molar-refractivity contribution in [2.45, 2.75) is 26.2 Å². The van der Waals surface area contributed by atoms with Gasteiger partial charge in [0.2, 0.25) is 0 Å². The Labute approximate surface area is 99.9 Å². The van der Waals surface area contributed by atoms with Gasteiger partial charge >= 0.3 is 6.08 Å². The highest BCUT2D eigenvalue weighted by Gasteiger charge is 2.39. The van der Waals surface area contributed by atoms with E-state index in [1.54, 1.807) is 0 Å². The van der Waals surface area contributed by atoms with Crippen molar-refractivity contribution in [2.75, 3.05) is 26.4 Å². The smallest absolute Gasteiger partial charge is 0.417 e. The van der Waals surface area contributed by atoms with E-state index in [0.29, 0.717) is 25.6 Å². The van der Waals surface area contributed by atoms with Crippen LogP contribution in [0.25, 0.3) is 0 Å². The third kappa shape index (κ3) is 2.58. The number of hydrogen-bond donors (Lipinski definition) is 1. The number of nitrogens with zero attached hydrogens (tertiary/aromatic N) is 2. The number of aromatic nitrogens is 2. The summed E-state index contributed by atoms with van der Waals surface area (Å²) in [6, 6.07) is 0. The Hall–Kier alpha value is -1.14. The van der Waals surface area contributed by atoms with Crippen molar-refractivity contribution in [1.29, 1.82) is 0 Å². The van der Waals surface area contributed by atoms with Gasteiger partial charge in [0.1, 0.15) is 6.61 Å². The van der Waals surface area contributed by atoms with Gasteiger partial charge in [-0.3, -0.25) is 4.52 Å². The molecule has 1 N–H and O–H groups in total. The van der Waals surface area contributed by atoms with Gasteiger partial charge in [0, 0.05) is 5.41 Å². The summed E-state index contributed by atoms with van der Waals surface area (Å²) in [5.74, 6) is 0.607. The Morgan fingerprint density at radius 1 is 1.41 bits per heavy atom. The highest BCUT2D eigenvalue weighted by Crippen LogP contribution is 2.28. The fourth-order valence-corrected chi connectivity index (χ4v) is 1.40. The molecule has 0 amide bonds. The van der Waals surface area contributed by atoms with E-state index in [4.69, 9.17) is 14.0 Å². The lowest BCUT2D eigenvalue weighted by molar-refractivity contribution is -0.156. The van der Waals surface area contributed by atoms with Crippen LogP contribution in [0, 0.1) is 5.41 Å². The van der Waals surface area contributed by atoms with Crippen molar-refractivity contribution in [2.24, 2.45) is 5.41 Å². The Balaban J connectivity index is 1.93. The van der Waals surface area contributed by atoms with Crippen LogP contribution in [0.2, 0.25) is 0 Å². The Morgan fingerprint density at radius 2 is 2.12 bits per heavy atom. The van der Waals surface area contributed by atoms with E-state index >= 15 is 0 Å². The second-order valence-electron chi connectivity index (χ2n) is 5.57. The van der Waals surface area contributed by atoms with Crippen molar-refractivity contribution in [3.63, 3.8) is 0 Å². The average molecular weight is 242 g/mol. The summed E-state index contributed by atoms with van der Waals surface area (Å²) in [5, 5.41) is 13.1. The monoisotopic (exact) mass is 242 g/mol. The van der Waals surface area contributed by atoms with Gasteiger partial charge in [-0.05, 0) is 0 Å². The summed E-state index contributed by atoms with van der Waals surface area (Å²) >= 11 is 0. The molecule has 6 heteroatoms. The van der Waals surface area contributed by atoms with E-state index in [1.165, 1.54) is 0 Å². The van der Waals surface area contributed by atoms with Crippen LogP contribution in [-0.2, 0) is 10.2 Å². The van der Waals surface area contributed by atoms with Crippen LogP contribution in [0.15, 0.2) is 4.52 Å². The zero-order valence-corrected chi connectivity index (χ0v) is 10.4. The highest BCUT2D eigenvalue weighted by molar-refractivity contribution is 5.02. The van der Waals surface area contributed by atoms with Crippen LogP contribution in [-0.4, -0.2) is 41.7 Å². The zero-order chi connectivity index (χ0) is 12.5. The number of aliphatic hydroxyl groups is 1. The SMILES string of the molecule is CC(C)(C)c1noc(OCC2(CO)COC2)n1. The predicted molar refractivity (Wildman–Crippen MR) is 58.8 cm³/mol. The van der Waals surface area contributed by atoms with Crippen molar-refractivity contribution in [3.05, 3.63) is 5.82 Å². The molecule has 2 rings (SSSR count). The molecule has 0 saturated carbocycles. The second-order valence-corrected chi connectivity index (χ2v) is 5.57. The first-order valence-electron chi connectivity index (χ1n) is 5.61. The molecule has 1 fully saturated rings. The number of aliphatic hydroxyl groups excluding tert-OH is 1. The summed E-state index contributed by atoms with van der Waals surface area (Å²) in [6.07, 6.45) is 0.148. The summed E-state index contributed by atoms with van der Waals surface area (Å²) in [6.45, 7) is 7.36. The van der Waals surface area contributed by atoms with E-state index in [0.717, 1.165) is 0 Å². The lowest BCUT2D eigenvalue weighted by Crippen LogP contribution is -2.49. The van der Waals surface area contributed by atoms with Gasteiger partial charge in [-0.15, -0.1) is 0 Å². The third-order valence-electron chi connectivity index (χ3n) is 2.73. The summed E-state index contributed by atoms with van der Waals surface area (Å²) in [4.78, 5) is 4.15. The normalized spacial score (nSPS) is 18.8. The topological polar surface area (TPSA) is 77.6 Å². The molecule has 1 saturated heterocycles. The maximum absolute atomic E-state index is 9.22. The number of ether oxygens (including phenoxy) is 2. The molecule has 1 aliphatic heterocycles. The minimum absolute atomic E-state index is 0.0350. The molecule has 0 unspecified atom stereocenters. The van der Waals surface area contributed by atoms with Crippen LogP contribution in [0.5, 0.6) is 6.08 Å². The molecule has 1 aliphatic rings. The molecule has 0 radical (unpaired) electrons. The van der Waals surface area contributed by atoms with E-state index < -0.39 is 0 Å². The molecule has 0 spiro atoms. The molecule has 2 heterocycles. The summed E-state index contributed by atoms with van der Waals surface area (Å²) < 4.78 is 15.5. The third-order valence-corrected chi connectivity index (χ3v) is 2.73. The van der Waals surface area contributed by atoms with Gasteiger partial charge < -0.3 is 14.6 Å². The van der Waals surface area contributed by atoms with Gasteiger partial charge in [0.25, 0.3) is 0 Å². The van der Waals surface area contributed by atoms with Crippen molar-refractivity contribution in [3.8, 4) is 6.08 Å². The van der Waals surface area contributed by atoms with Gasteiger partial charge in [0.05, 0.1) is 25.2 Å². The van der Waals surface area contributed by atoms with Gasteiger partial charge in [0.15, 0.2) is 5.82 Å². The lowest BCUT2D eigenvalue weighted by atomic mass is 9.88. The molecule has 17 heavy (non-hydrogen) atoms. The molecule has 1 aromatic heterocycles. The molecule has 6 nitrogen and oxygen atoms in total. The van der Waals surface area contributed by atoms with E-state index in [-0.39, 0.29) is 23.5 Å². The first kappa shape index (κ1) is 12.3. The molecular formula is C11H18N2O4. The van der Waals surface area contributed by atoms with Crippen LogP contribution in [0.4, 0.5) is 0 Å². The number of rotatable bonds is 4. The highest BCUT2D eigenvalue weighted by atomic mass is 16.6. The van der Waals surface area contributed by atoms with Gasteiger partial charge in [-0.25, -0.2) is 0 Å². The maximum Gasteiger partial charge on any atom is 0.417 e. The fourth-order valence-electron chi connectivity index (χ4n) is 1.40. The fraction of sp³-hybridized carbons (Fsp3) is 0.818. The first-order valence-corrected chi connectivity index (χ1v) is 5.61. The average Bonchev–Trinajstić information content (AvgIpc) is 2.65. The predicted octanol–water partition coefficient (Wildman–Crippen LogP) is 0.755. The summed E-state index contributed by atoms with van der Waals surface area (Å²) in [7, 11) is 0. The minimum Gasteiger partial charge on any atom is -0.448 e. The molecule has 0 aliphatic carbocycles. The van der Waals surface area contributed by atoms with Crippen molar-refractivity contribution >= 4 is 0 Å². The maximum atomic E-state index is 9.22. The second kappa shape index (κ2) is 4.27. The van der Waals surface area contributed by atoms with Crippen LogP contribution in [0.3, 0.4) is 0 Å². The molecule has 0 bridgehead atoms. The number of hydrogen-bond acceptors (Lipinski definition) is 6. The molecule has 1 aromatic rings. The van der Waals surface area contributed by atoms with E-state index in [1.807, 2.05) is 20.8 Å². The molecule has 0 atom stereocenters. The molecule has 96 valence electrons. The molecule has 0 aromatic carbocycles. The quantitative estimate of drug-likeness (QED) is 0.839.